The number of aliphatic hydroxyl groups excluding tert-OH is 1. The van der Waals surface area contributed by atoms with Gasteiger partial charge in [-0.3, -0.25) is 4.79 Å². The Balaban J connectivity index is 2.17. The predicted molar refractivity (Wildman–Crippen MR) is 52.2 cm³/mol. The van der Waals surface area contributed by atoms with Gasteiger partial charge in [-0.25, -0.2) is 4.79 Å². The van der Waals surface area contributed by atoms with E-state index in [1.807, 2.05) is 0 Å². The normalized spacial score (nSPS) is 14.5. The molecule has 6 heteroatoms. The minimum Gasteiger partial charge on any atom is -0.447 e. The highest BCUT2D eigenvalue weighted by molar-refractivity contribution is 5.82. The second kappa shape index (κ2) is 5.55. The summed E-state index contributed by atoms with van der Waals surface area (Å²) in [5, 5.41) is 11.2. The first-order valence-corrected chi connectivity index (χ1v) is 4.91. The van der Waals surface area contributed by atoms with E-state index in [0.717, 1.165) is 12.8 Å². The summed E-state index contributed by atoms with van der Waals surface area (Å²) in [5.41, 5.74) is 0. The highest BCUT2D eigenvalue weighted by atomic mass is 16.6. The smallest absolute Gasteiger partial charge is 0.410 e. The lowest BCUT2D eigenvalue weighted by atomic mass is 10.5. The fourth-order valence-electron chi connectivity index (χ4n) is 1.02. The molecule has 1 aliphatic carbocycles. The number of carbonyl (C=O) groups is 2. The topological polar surface area (TPSA) is 78.9 Å². The average Bonchev–Trinajstić information content (AvgIpc) is 2.97. The molecule has 0 bridgehead atoms. The van der Waals surface area contributed by atoms with Crippen LogP contribution in [0.1, 0.15) is 12.8 Å². The van der Waals surface area contributed by atoms with Gasteiger partial charge in [0.15, 0.2) is 0 Å². The molecule has 6 nitrogen and oxygen atoms in total. The third-order valence-electron chi connectivity index (χ3n) is 1.95. The molecule has 0 heterocycles. The standard InChI is InChI=1S/C9H16N2O4/c1-11(9(14)15-5-4-12)6-8(13)10-7-2-3-7/h7,12H,2-6H2,1H3,(H,10,13). The van der Waals surface area contributed by atoms with E-state index < -0.39 is 6.09 Å². The molecule has 1 aliphatic rings. The second-order valence-corrected chi connectivity index (χ2v) is 3.54. The van der Waals surface area contributed by atoms with Crippen LogP contribution < -0.4 is 5.32 Å². The highest BCUT2D eigenvalue weighted by Gasteiger charge is 2.24. The summed E-state index contributed by atoms with van der Waals surface area (Å²) in [5.74, 6) is -0.180. The van der Waals surface area contributed by atoms with Gasteiger partial charge in [0.25, 0.3) is 0 Å². The maximum Gasteiger partial charge on any atom is 0.410 e. The Hall–Kier alpha value is -1.30. The van der Waals surface area contributed by atoms with Gasteiger partial charge in [-0.2, -0.15) is 0 Å². The molecular weight excluding hydrogens is 200 g/mol. The van der Waals surface area contributed by atoms with Crippen molar-refractivity contribution in [3.63, 3.8) is 0 Å². The maximum atomic E-state index is 11.3. The fourth-order valence-corrected chi connectivity index (χ4v) is 1.02. The van der Waals surface area contributed by atoms with Crippen molar-refractivity contribution in [2.75, 3.05) is 26.8 Å². The number of aliphatic hydroxyl groups is 1. The van der Waals surface area contributed by atoms with Crippen LogP contribution in [0.15, 0.2) is 0 Å². The Kier molecular flexibility index (Phi) is 4.36. The summed E-state index contributed by atoms with van der Waals surface area (Å²) in [6, 6.07) is 0.291. The van der Waals surface area contributed by atoms with Crippen molar-refractivity contribution < 1.29 is 19.4 Å². The van der Waals surface area contributed by atoms with Gasteiger partial charge < -0.3 is 20.1 Å². The molecule has 0 aromatic rings. The van der Waals surface area contributed by atoms with E-state index in [0.29, 0.717) is 6.04 Å². The van der Waals surface area contributed by atoms with Crippen LogP contribution in [-0.4, -0.2) is 54.9 Å². The summed E-state index contributed by atoms with van der Waals surface area (Å²) in [6.45, 7) is -0.276. The number of hydrogen-bond acceptors (Lipinski definition) is 4. The van der Waals surface area contributed by atoms with Gasteiger partial charge in [-0.05, 0) is 12.8 Å². The number of ether oxygens (including phenoxy) is 1. The Labute approximate surface area is 88.2 Å². The lowest BCUT2D eigenvalue weighted by molar-refractivity contribution is -0.121. The summed E-state index contributed by atoms with van der Waals surface area (Å²) in [7, 11) is 1.48. The van der Waals surface area contributed by atoms with E-state index in [1.54, 1.807) is 0 Å². The van der Waals surface area contributed by atoms with Crippen LogP contribution in [0.3, 0.4) is 0 Å². The molecule has 0 radical (unpaired) electrons. The quantitative estimate of drug-likeness (QED) is 0.638. The molecule has 0 atom stereocenters. The van der Waals surface area contributed by atoms with Crippen LogP contribution in [0.4, 0.5) is 4.79 Å². The number of carbonyl (C=O) groups excluding carboxylic acids is 2. The Morgan fingerprint density at radius 3 is 2.73 bits per heavy atom. The van der Waals surface area contributed by atoms with Gasteiger partial charge in [-0.15, -0.1) is 0 Å². The molecule has 2 amide bonds. The first kappa shape index (κ1) is 11.8. The number of likely N-dealkylation sites (N-methyl/N-ethyl adjacent to an activating group) is 1. The van der Waals surface area contributed by atoms with Crippen LogP contribution in [0.25, 0.3) is 0 Å². The molecular formula is C9H16N2O4. The molecule has 15 heavy (non-hydrogen) atoms. The Bertz CT molecular complexity index is 240. The van der Waals surface area contributed by atoms with Gasteiger partial charge in [0.2, 0.25) is 5.91 Å². The average molecular weight is 216 g/mol. The van der Waals surface area contributed by atoms with E-state index in [4.69, 9.17) is 5.11 Å². The molecule has 1 saturated carbocycles. The lowest BCUT2D eigenvalue weighted by Gasteiger charge is -2.15. The zero-order valence-electron chi connectivity index (χ0n) is 8.73. The lowest BCUT2D eigenvalue weighted by Crippen LogP contribution is -2.39. The summed E-state index contributed by atoms with van der Waals surface area (Å²) >= 11 is 0. The number of hydrogen-bond donors (Lipinski definition) is 2. The van der Waals surface area contributed by atoms with E-state index >= 15 is 0 Å². The molecule has 0 spiro atoms. The van der Waals surface area contributed by atoms with Crippen molar-refractivity contribution in [3.8, 4) is 0 Å². The van der Waals surface area contributed by atoms with Crippen LogP contribution in [-0.2, 0) is 9.53 Å². The number of amides is 2. The van der Waals surface area contributed by atoms with Crippen molar-refractivity contribution in [1.82, 2.24) is 10.2 Å². The van der Waals surface area contributed by atoms with Gasteiger partial charge >= 0.3 is 6.09 Å². The molecule has 2 N–H and O–H groups in total. The van der Waals surface area contributed by atoms with Crippen LogP contribution >= 0.6 is 0 Å². The number of rotatable bonds is 5. The second-order valence-electron chi connectivity index (χ2n) is 3.54. The van der Waals surface area contributed by atoms with Crippen LogP contribution in [0, 0.1) is 0 Å². The number of nitrogens with one attached hydrogen (secondary N) is 1. The molecule has 1 fully saturated rings. The van der Waals surface area contributed by atoms with Crippen molar-refractivity contribution in [2.45, 2.75) is 18.9 Å². The van der Waals surface area contributed by atoms with Gasteiger partial charge in [0, 0.05) is 13.1 Å². The van der Waals surface area contributed by atoms with Crippen molar-refractivity contribution in [1.29, 1.82) is 0 Å². The molecule has 0 saturated heterocycles. The van der Waals surface area contributed by atoms with Crippen molar-refractivity contribution in [2.24, 2.45) is 0 Å². The highest BCUT2D eigenvalue weighted by Crippen LogP contribution is 2.18. The third-order valence-corrected chi connectivity index (χ3v) is 1.95. The van der Waals surface area contributed by atoms with Gasteiger partial charge in [0.1, 0.15) is 13.2 Å². The molecule has 0 aliphatic heterocycles. The first-order chi connectivity index (χ1) is 7.13. The van der Waals surface area contributed by atoms with Gasteiger partial charge in [-0.1, -0.05) is 0 Å². The SMILES string of the molecule is CN(CC(=O)NC1CC1)C(=O)OCCO. The van der Waals surface area contributed by atoms with E-state index in [9.17, 15) is 9.59 Å². The molecule has 0 aromatic heterocycles. The van der Waals surface area contributed by atoms with Crippen LogP contribution in [0.5, 0.6) is 0 Å². The molecule has 0 unspecified atom stereocenters. The zero-order valence-corrected chi connectivity index (χ0v) is 8.73. The largest absolute Gasteiger partial charge is 0.447 e. The fraction of sp³-hybridized carbons (Fsp3) is 0.778. The summed E-state index contributed by atoms with van der Waals surface area (Å²) in [4.78, 5) is 23.6. The maximum absolute atomic E-state index is 11.3. The zero-order chi connectivity index (χ0) is 11.3. The number of nitrogens with zero attached hydrogens (tertiary/aromatic N) is 1. The Morgan fingerprint density at radius 2 is 2.20 bits per heavy atom. The van der Waals surface area contributed by atoms with Crippen LogP contribution in [0.2, 0.25) is 0 Å². The monoisotopic (exact) mass is 216 g/mol. The molecule has 1 rings (SSSR count). The van der Waals surface area contributed by atoms with Crippen molar-refractivity contribution in [3.05, 3.63) is 0 Å². The molecule has 86 valence electrons. The predicted octanol–water partition coefficient (Wildman–Crippen LogP) is -0.674. The minimum atomic E-state index is -0.602. The first-order valence-electron chi connectivity index (χ1n) is 4.91. The van der Waals surface area contributed by atoms with E-state index in [-0.39, 0.29) is 25.7 Å². The Morgan fingerprint density at radius 1 is 1.53 bits per heavy atom. The van der Waals surface area contributed by atoms with Crippen molar-refractivity contribution >= 4 is 12.0 Å². The third kappa shape index (κ3) is 4.64. The minimum absolute atomic E-state index is 0.0131. The van der Waals surface area contributed by atoms with Gasteiger partial charge in [0.05, 0.1) is 6.61 Å². The van der Waals surface area contributed by atoms with E-state index in [1.165, 1.54) is 11.9 Å². The summed E-state index contributed by atoms with van der Waals surface area (Å²) in [6.07, 6.45) is 1.43. The summed E-state index contributed by atoms with van der Waals surface area (Å²) < 4.78 is 4.63. The molecule has 0 aromatic carbocycles. The van der Waals surface area contributed by atoms with E-state index in [2.05, 4.69) is 10.1 Å².